The van der Waals surface area contributed by atoms with Gasteiger partial charge in [0.05, 0.1) is 0 Å². The zero-order valence-corrected chi connectivity index (χ0v) is 19.2. The van der Waals surface area contributed by atoms with Gasteiger partial charge in [-0.2, -0.15) is 10.1 Å². The summed E-state index contributed by atoms with van der Waals surface area (Å²) in [5, 5.41) is 8.17. The van der Waals surface area contributed by atoms with Gasteiger partial charge >= 0.3 is 0 Å². The third kappa shape index (κ3) is 3.66. The minimum Gasteiger partial charge on any atom is -0.378 e. The monoisotopic (exact) mass is 426 g/mol. The molecule has 1 aliphatic carbocycles. The van der Waals surface area contributed by atoms with Crippen LogP contribution in [0.15, 0.2) is 71.7 Å². The molecule has 1 aromatic heterocycles. The molecular formula is C26H30N6. The largest absolute Gasteiger partial charge is 0.378 e. The Morgan fingerprint density at radius 1 is 0.906 bits per heavy atom. The second kappa shape index (κ2) is 8.19. The van der Waals surface area contributed by atoms with E-state index in [-0.39, 0.29) is 6.04 Å². The van der Waals surface area contributed by atoms with Gasteiger partial charge in [0, 0.05) is 45.3 Å². The number of hydrogen-bond acceptors (Lipinski definition) is 5. The molecule has 1 N–H and O–H groups in total. The van der Waals surface area contributed by atoms with Crippen LogP contribution in [-0.2, 0) is 0 Å². The third-order valence-corrected chi connectivity index (χ3v) is 6.39. The quantitative estimate of drug-likeness (QED) is 0.640. The Morgan fingerprint density at radius 3 is 2.22 bits per heavy atom. The summed E-state index contributed by atoms with van der Waals surface area (Å²) in [6.45, 7) is 0. The van der Waals surface area contributed by atoms with Crippen LogP contribution in [0.2, 0.25) is 0 Å². The first kappa shape index (κ1) is 20.4. The van der Waals surface area contributed by atoms with Crippen molar-refractivity contribution in [3.63, 3.8) is 0 Å². The highest BCUT2D eigenvalue weighted by Crippen LogP contribution is 2.43. The minimum atomic E-state index is 0.0692. The number of anilines is 3. The van der Waals surface area contributed by atoms with Crippen molar-refractivity contribution in [1.29, 1.82) is 0 Å². The lowest BCUT2D eigenvalue weighted by atomic mass is 9.83. The average molecular weight is 427 g/mol. The standard InChI is InChI=1S/C26H30N6/c1-30(2)21-12-8-18(9-13-21)16-20-6-5-7-23-24(20)29-26-27-17-28-32(26)25(23)19-10-14-22(15-11-19)31(3)4/h8-17,25H,5-7H2,1-4H3,(H,27,28,29). The van der Waals surface area contributed by atoms with Crippen LogP contribution in [0.5, 0.6) is 0 Å². The van der Waals surface area contributed by atoms with Gasteiger partial charge < -0.3 is 15.1 Å². The summed E-state index contributed by atoms with van der Waals surface area (Å²) in [6.07, 6.45) is 7.21. The zero-order valence-electron chi connectivity index (χ0n) is 19.2. The van der Waals surface area contributed by atoms with Gasteiger partial charge in [0.15, 0.2) is 0 Å². The highest BCUT2D eigenvalue weighted by molar-refractivity contribution is 5.67. The predicted octanol–water partition coefficient (Wildman–Crippen LogP) is 4.95. The summed E-state index contributed by atoms with van der Waals surface area (Å²) in [5.74, 6) is 0.807. The highest BCUT2D eigenvalue weighted by atomic mass is 15.4. The molecule has 0 fully saturated rings. The predicted molar refractivity (Wildman–Crippen MR) is 132 cm³/mol. The van der Waals surface area contributed by atoms with Crippen molar-refractivity contribution in [2.75, 3.05) is 43.3 Å². The van der Waals surface area contributed by atoms with E-state index in [1.54, 1.807) is 6.33 Å². The highest BCUT2D eigenvalue weighted by Gasteiger charge is 2.33. The van der Waals surface area contributed by atoms with E-state index in [4.69, 9.17) is 0 Å². The molecule has 3 aromatic rings. The van der Waals surface area contributed by atoms with Crippen molar-refractivity contribution in [2.45, 2.75) is 25.3 Å². The Labute approximate surface area is 189 Å². The Morgan fingerprint density at radius 2 is 1.56 bits per heavy atom. The molecule has 1 aliphatic heterocycles. The van der Waals surface area contributed by atoms with Gasteiger partial charge in [0.25, 0.3) is 0 Å². The molecule has 1 atom stereocenters. The van der Waals surface area contributed by atoms with Crippen LogP contribution in [0, 0.1) is 0 Å². The van der Waals surface area contributed by atoms with Crippen molar-refractivity contribution in [2.24, 2.45) is 0 Å². The molecule has 0 radical (unpaired) electrons. The molecule has 2 aromatic carbocycles. The maximum Gasteiger partial charge on any atom is 0.226 e. The van der Waals surface area contributed by atoms with Crippen molar-refractivity contribution < 1.29 is 0 Å². The number of hydrogen-bond donors (Lipinski definition) is 1. The molecule has 6 heteroatoms. The van der Waals surface area contributed by atoms with Gasteiger partial charge in [-0.05, 0) is 71.9 Å². The summed E-state index contributed by atoms with van der Waals surface area (Å²) < 4.78 is 2.03. The second-order valence-electron chi connectivity index (χ2n) is 8.95. The van der Waals surface area contributed by atoms with E-state index >= 15 is 0 Å². The fourth-order valence-corrected chi connectivity index (χ4v) is 4.66. The molecular weight excluding hydrogens is 396 g/mol. The number of allylic oxidation sites excluding steroid dienone is 2. The molecule has 5 rings (SSSR count). The summed E-state index contributed by atoms with van der Waals surface area (Å²) in [4.78, 5) is 8.76. The van der Waals surface area contributed by atoms with Gasteiger partial charge in [0.1, 0.15) is 12.4 Å². The normalized spacial score (nSPS) is 18.8. The van der Waals surface area contributed by atoms with Crippen LogP contribution in [0.1, 0.15) is 36.4 Å². The fourth-order valence-electron chi connectivity index (χ4n) is 4.66. The van der Waals surface area contributed by atoms with Crippen molar-refractivity contribution in [3.8, 4) is 0 Å². The van der Waals surface area contributed by atoms with Crippen molar-refractivity contribution in [1.82, 2.24) is 14.8 Å². The number of nitrogens with one attached hydrogen (secondary N) is 1. The van der Waals surface area contributed by atoms with E-state index in [0.29, 0.717) is 0 Å². The fraction of sp³-hybridized carbons (Fsp3) is 0.308. The van der Waals surface area contributed by atoms with Crippen LogP contribution in [0.4, 0.5) is 17.3 Å². The summed E-state index contributed by atoms with van der Waals surface area (Å²) in [5.41, 5.74) is 8.82. The molecule has 1 unspecified atom stereocenters. The number of fused-ring (bicyclic) bond motifs is 1. The Hall–Kier alpha value is -3.54. The molecule has 2 heterocycles. The molecule has 0 saturated heterocycles. The molecule has 0 saturated carbocycles. The SMILES string of the molecule is CN(C)c1ccc(C=C2CCCC3=C2Nc2ncnn2C3c2ccc(N(C)C)cc2)cc1. The van der Waals surface area contributed by atoms with E-state index in [1.165, 1.54) is 39.3 Å². The number of benzene rings is 2. The van der Waals surface area contributed by atoms with Gasteiger partial charge in [-0.15, -0.1) is 0 Å². The number of aromatic nitrogens is 3. The lowest BCUT2D eigenvalue weighted by Gasteiger charge is -2.34. The van der Waals surface area contributed by atoms with Gasteiger partial charge in [-0.1, -0.05) is 24.3 Å². The maximum absolute atomic E-state index is 4.57. The molecule has 6 nitrogen and oxygen atoms in total. The van der Waals surface area contributed by atoms with Crippen LogP contribution in [0.3, 0.4) is 0 Å². The number of rotatable bonds is 4. The van der Waals surface area contributed by atoms with Gasteiger partial charge in [0.2, 0.25) is 5.95 Å². The molecule has 32 heavy (non-hydrogen) atoms. The van der Waals surface area contributed by atoms with Crippen LogP contribution in [0.25, 0.3) is 6.08 Å². The lowest BCUT2D eigenvalue weighted by Crippen LogP contribution is -2.28. The number of nitrogens with zero attached hydrogens (tertiary/aromatic N) is 5. The molecule has 0 amide bonds. The van der Waals surface area contributed by atoms with Crippen molar-refractivity contribution in [3.05, 3.63) is 82.8 Å². The first-order valence-corrected chi connectivity index (χ1v) is 11.2. The zero-order chi connectivity index (χ0) is 22.2. The van der Waals surface area contributed by atoms with Crippen LogP contribution in [-0.4, -0.2) is 43.0 Å². The van der Waals surface area contributed by atoms with E-state index in [2.05, 4.69) is 108 Å². The molecule has 2 aliphatic rings. The Kier molecular flexibility index (Phi) is 5.21. The maximum atomic E-state index is 4.57. The lowest BCUT2D eigenvalue weighted by molar-refractivity contribution is 0.538. The Balaban J connectivity index is 1.56. The summed E-state index contributed by atoms with van der Waals surface area (Å²) >= 11 is 0. The topological polar surface area (TPSA) is 49.2 Å². The minimum absolute atomic E-state index is 0.0692. The first-order chi connectivity index (χ1) is 15.5. The molecule has 0 bridgehead atoms. The van der Waals surface area contributed by atoms with E-state index < -0.39 is 0 Å². The molecule has 0 spiro atoms. The first-order valence-electron chi connectivity index (χ1n) is 11.2. The van der Waals surface area contributed by atoms with Crippen LogP contribution >= 0.6 is 0 Å². The third-order valence-electron chi connectivity index (χ3n) is 6.39. The average Bonchev–Trinajstić information content (AvgIpc) is 3.26. The Bertz CT molecular complexity index is 1170. The van der Waals surface area contributed by atoms with Crippen LogP contribution < -0.4 is 15.1 Å². The van der Waals surface area contributed by atoms with E-state index in [0.717, 1.165) is 25.2 Å². The second-order valence-corrected chi connectivity index (χ2v) is 8.95. The van der Waals surface area contributed by atoms with Crippen molar-refractivity contribution >= 4 is 23.4 Å². The smallest absolute Gasteiger partial charge is 0.226 e. The van der Waals surface area contributed by atoms with Gasteiger partial charge in [-0.25, -0.2) is 4.68 Å². The summed E-state index contributed by atoms with van der Waals surface area (Å²) in [7, 11) is 8.27. The van der Waals surface area contributed by atoms with E-state index in [1.807, 2.05) is 4.68 Å². The van der Waals surface area contributed by atoms with E-state index in [9.17, 15) is 0 Å². The summed E-state index contributed by atoms with van der Waals surface area (Å²) in [6, 6.07) is 17.6. The van der Waals surface area contributed by atoms with Gasteiger partial charge in [-0.3, -0.25) is 0 Å². The molecule has 164 valence electrons.